The zero-order valence-corrected chi connectivity index (χ0v) is 14.4. The lowest BCUT2D eigenvalue weighted by molar-refractivity contribution is -0.140. The van der Waals surface area contributed by atoms with E-state index in [0.717, 1.165) is 16.9 Å². The third-order valence-corrected chi connectivity index (χ3v) is 4.61. The van der Waals surface area contributed by atoms with Crippen molar-refractivity contribution in [1.29, 1.82) is 0 Å². The number of rotatable bonds is 5. The second-order valence-corrected chi connectivity index (χ2v) is 6.43. The molecule has 2 aromatic carbocycles. The molecule has 4 heteroatoms. The highest BCUT2D eigenvalue weighted by molar-refractivity contribution is 5.88. The van der Waals surface area contributed by atoms with Gasteiger partial charge in [0.2, 0.25) is 5.91 Å². The first-order valence-corrected chi connectivity index (χ1v) is 8.76. The largest absolute Gasteiger partial charge is 0.485 e. The summed E-state index contributed by atoms with van der Waals surface area (Å²) in [6.07, 6.45) is 3.44. The van der Waals surface area contributed by atoms with Gasteiger partial charge in [0.05, 0.1) is 25.2 Å². The Morgan fingerprint density at radius 2 is 1.54 bits per heavy atom. The van der Waals surface area contributed by atoms with E-state index in [0.29, 0.717) is 13.1 Å². The van der Waals surface area contributed by atoms with Crippen molar-refractivity contribution < 1.29 is 9.53 Å². The number of hydrogen-bond donors (Lipinski definition) is 0. The van der Waals surface area contributed by atoms with E-state index >= 15 is 0 Å². The number of ether oxygens (including phenoxy) is 1. The van der Waals surface area contributed by atoms with Crippen LogP contribution in [-0.4, -0.2) is 35.0 Å². The van der Waals surface area contributed by atoms with E-state index in [4.69, 9.17) is 4.74 Å². The van der Waals surface area contributed by atoms with Crippen LogP contribution >= 0.6 is 0 Å². The summed E-state index contributed by atoms with van der Waals surface area (Å²) >= 11 is 0. The first kappa shape index (κ1) is 16.3. The van der Waals surface area contributed by atoms with Crippen LogP contribution < -0.4 is 4.74 Å². The molecule has 0 spiro atoms. The van der Waals surface area contributed by atoms with Gasteiger partial charge in [0.25, 0.3) is 0 Å². The van der Waals surface area contributed by atoms with Crippen molar-refractivity contribution in [2.45, 2.75) is 12.0 Å². The number of aromatic nitrogens is 1. The van der Waals surface area contributed by atoms with Crippen molar-refractivity contribution in [3.63, 3.8) is 0 Å². The Labute approximate surface area is 153 Å². The Bertz CT molecular complexity index is 808. The Balaban J connectivity index is 1.48. The van der Waals surface area contributed by atoms with Gasteiger partial charge in [-0.2, -0.15) is 0 Å². The van der Waals surface area contributed by atoms with Crippen molar-refractivity contribution in [1.82, 2.24) is 9.88 Å². The van der Waals surface area contributed by atoms with Gasteiger partial charge in [-0.3, -0.25) is 9.78 Å². The maximum absolute atomic E-state index is 13.2. The van der Waals surface area contributed by atoms with Crippen LogP contribution in [0.1, 0.15) is 17.0 Å². The average Bonchev–Trinajstić information content (AvgIpc) is 2.67. The Hall–Kier alpha value is -3.14. The molecule has 0 N–H and O–H groups in total. The molecule has 0 bridgehead atoms. The van der Waals surface area contributed by atoms with Crippen LogP contribution in [0.5, 0.6) is 5.75 Å². The molecule has 4 rings (SSSR count). The van der Waals surface area contributed by atoms with E-state index in [2.05, 4.69) is 4.98 Å². The molecule has 1 amide bonds. The summed E-state index contributed by atoms with van der Waals surface area (Å²) in [5, 5.41) is 0. The molecule has 0 radical (unpaired) electrons. The van der Waals surface area contributed by atoms with Crippen molar-refractivity contribution >= 4 is 5.91 Å². The lowest BCUT2D eigenvalue weighted by Gasteiger charge is -2.40. The van der Waals surface area contributed by atoms with Gasteiger partial charge in [-0.1, -0.05) is 60.7 Å². The second-order valence-electron chi connectivity index (χ2n) is 6.43. The molecule has 0 saturated carbocycles. The van der Waals surface area contributed by atoms with Gasteiger partial charge in [-0.05, 0) is 23.3 Å². The minimum absolute atomic E-state index is 0.0235. The number of hydrogen-bond acceptors (Lipinski definition) is 3. The summed E-state index contributed by atoms with van der Waals surface area (Å²) < 4.78 is 5.87. The van der Waals surface area contributed by atoms with E-state index in [9.17, 15) is 4.79 Å². The molecule has 0 aliphatic carbocycles. The highest BCUT2D eigenvalue weighted by atomic mass is 16.5. The summed E-state index contributed by atoms with van der Waals surface area (Å²) in [6.45, 7) is 1.20. The number of carbonyl (C=O) groups is 1. The summed E-state index contributed by atoms with van der Waals surface area (Å²) in [5.41, 5.74) is 2.03. The molecule has 1 fully saturated rings. The summed E-state index contributed by atoms with van der Waals surface area (Å²) in [4.78, 5) is 19.1. The normalized spacial score (nSPS) is 14.1. The van der Waals surface area contributed by atoms with Gasteiger partial charge in [0, 0.05) is 6.20 Å². The monoisotopic (exact) mass is 344 g/mol. The van der Waals surface area contributed by atoms with Gasteiger partial charge in [-0.25, -0.2) is 0 Å². The third kappa shape index (κ3) is 3.45. The minimum atomic E-state index is -0.281. The van der Waals surface area contributed by atoms with E-state index in [-0.39, 0.29) is 17.9 Å². The van der Waals surface area contributed by atoms with Crippen molar-refractivity contribution in [2.24, 2.45) is 0 Å². The molecule has 4 nitrogen and oxygen atoms in total. The van der Waals surface area contributed by atoms with Gasteiger partial charge < -0.3 is 9.64 Å². The van der Waals surface area contributed by atoms with Crippen molar-refractivity contribution in [3.05, 3.63) is 96.3 Å². The predicted molar refractivity (Wildman–Crippen MR) is 100.0 cm³/mol. The smallest absolute Gasteiger partial charge is 0.234 e. The fourth-order valence-electron chi connectivity index (χ4n) is 3.25. The van der Waals surface area contributed by atoms with E-state index in [1.54, 1.807) is 12.4 Å². The first-order chi connectivity index (χ1) is 12.8. The lowest BCUT2D eigenvalue weighted by Crippen LogP contribution is -2.57. The van der Waals surface area contributed by atoms with E-state index in [1.807, 2.05) is 77.7 Å². The summed E-state index contributed by atoms with van der Waals surface area (Å²) in [5.74, 6) is 0.581. The predicted octanol–water partition coefficient (Wildman–Crippen LogP) is 3.50. The highest BCUT2D eigenvalue weighted by Gasteiger charge is 2.37. The maximum Gasteiger partial charge on any atom is 0.234 e. The zero-order chi connectivity index (χ0) is 17.8. The number of pyridine rings is 1. The number of amides is 1. The molecule has 2 heterocycles. The van der Waals surface area contributed by atoms with Gasteiger partial charge in [0.15, 0.2) is 0 Å². The molecule has 1 aliphatic heterocycles. The SMILES string of the molecule is O=C(C(c1ccccc1)c1ccccc1)N1CC(Oc2cccnc2)C1. The van der Waals surface area contributed by atoms with Gasteiger partial charge >= 0.3 is 0 Å². The van der Waals surface area contributed by atoms with Crippen molar-refractivity contribution in [2.75, 3.05) is 13.1 Å². The van der Waals surface area contributed by atoms with E-state index in [1.165, 1.54) is 0 Å². The van der Waals surface area contributed by atoms with Gasteiger partial charge in [-0.15, -0.1) is 0 Å². The van der Waals surface area contributed by atoms with Crippen LogP contribution in [-0.2, 0) is 4.79 Å². The van der Waals surface area contributed by atoms with Crippen LogP contribution in [0.3, 0.4) is 0 Å². The van der Waals surface area contributed by atoms with Crippen LogP contribution in [0.25, 0.3) is 0 Å². The summed E-state index contributed by atoms with van der Waals surface area (Å²) in [7, 11) is 0. The quantitative estimate of drug-likeness (QED) is 0.711. The molecular weight excluding hydrogens is 324 g/mol. The standard InChI is InChI=1S/C22H20N2O2/c25-22(24-15-20(16-24)26-19-12-7-13-23-14-19)21(17-8-3-1-4-9-17)18-10-5-2-6-11-18/h1-14,20-21H,15-16H2. The fourth-order valence-corrected chi connectivity index (χ4v) is 3.25. The molecule has 0 unspecified atom stereocenters. The molecule has 1 saturated heterocycles. The van der Waals surface area contributed by atoms with Crippen LogP contribution in [0.4, 0.5) is 0 Å². The second kappa shape index (κ2) is 7.40. The Morgan fingerprint density at radius 3 is 2.08 bits per heavy atom. The fraction of sp³-hybridized carbons (Fsp3) is 0.182. The van der Waals surface area contributed by atoms with Crippen molar-refractivity contribution in [3.8, 4) is 5.75 Å². The first-order valence-electron chi connectivity index (χ1n) is 8.76. The molecule has 26 heavy (non-hydrogen) atoms. The molecule has 1 aromatic heterocycles. The van der Waals surface area contributed by atoms with Crippen LogP contribution in [0.15, 0.2) is 85.2 Å². The number of nitrogens with zero attached hydrogens (tertiary/aromatic N) is 2. The lowest BCUT2D eigenvalue weighted by atomic mass is 9.89. The van der Waals surface area contributed by atoms with Gasteiger partial charge in [0.1, 0.15) is 11.9 Å². The summed E-state index contributed by atoms with van der Waals surface area (Å²) in [6, 6.07) is 23.6. The van der Waals surface area contributed by atoms with Crippen LogP contribution in [0.2, 0.25) is 0 Å². The molecular formula is C22H20N2O2. The van der Waals surface area contributed by atoms with Crippen LogP contribution in [0, 0.1) is 0 Å². The highest BCUT2D eigenvalue weighted by Crippen LogP contribution is 2.29. The number of carbonyl (C=O) groups excluding carboxylic acids is 1. The minimum Gasteiger partial charge on any atom is -0.485 e. The Morgan fingerprint density at radius 1 is 0.923 bits per heavy atom. The number of benzene rings is 2. The molecule has 3 aromatic rings. The van der Waals surface area contributed by atoms with E-state index < -0.39 is 0 Å². The zero-order valence-electron chi connectivity index (χ0n) is 14.4. The Kier molecular flexibility index (Phi) is 4.65. The average molecular weight is 344 g/mol. The number of likely N-dealkylation sites (tertiary alicyclic amines) is 1. The third-order valence-electron chi connectivity index (χ3n) is 4.61. The maximum atomic E-state index is 13.2. The molecule has 0 atom stereocenters. The molecule has 130 valence electrons. The topological polar surface area (TPSA) is 42.4 Å². The molecule has 1 aliphatic rings.